The van der Waals surface area contributed by atoms with E-state index < -0.39 is 63.0 Å². The first-order valence-corrected chi connectivity index (χ1v) is 13.8. The first-order valence-electron chi connectivity index (χ1n) is 12.4. The second-order valence-corrected chi connectivity index (χ2v) is 11.1. The molecule has 0 saturated heterocycles. The van der Waals surface area contributed by atoms with Gasteiger partial charge in [-0.05, 0) is 25.7 Å². The van der Waals surface area contributed by atoms with Gasteiger partial charge in [-0.1, -0.05) is 27.7 Å². The molecule has 0 heterocycles. The Balaban J connectivity index is 0. The fraction of sp³-hybridized carbons (Fsp3) is 1.00. The summed E-state index contributed by atoms with van der Waals surface area (Å²) in [5.41, 5.74) is 0. The van der Waals surface area contributed by atoms with Crippen LogP contribution in [0, 0.1) is 0 Å². The van der Waals surface area contributed by atoms with Crippen LogP contribution in [-0.4, -0.2) is 96.5 Å². The van der Waals surface area contributed by atoms with Crippen molar-refractivity contribution < 1.29 is 101 Å². The van der Waals surface area contributed by atoms with Crippen LogP contribution in [0.2, 0.25) is 0 Å². The van der Waals surface area contributed by atoms with E-state index in [1.54, 1.807) is 0 Å². The normalized spacial score (nSPS) is 15.6. The van der Waals surface area contributed by atoms with E-state index >= 15 is 0 Å². The summed E-state index contributed by atoms with van der Waals surface area (Å²) in [6, 6.07) is 0. The Labute approximate surface area is 244 Å². The van der Waals surface area contributed by atoms with Crippen molar-refractivity contribution in [2.75, 3.05) is 26.2 Å². The van der Waals surface area contributed by atoms with Gasteiger partial charge in [-0.3, -0.25) is 0 Å². The Morgan fingerprint density at radius 3 is 0.800 bits per heavy atom. The highest BCUT2D eigenvalue weighted by Gasteiger charge is 2.97. The van der Waals surface area contributed by atoms with Crippen LogP contribution in [-0.2, 0) is 10.1 Å². The molecule has 274 valence electrons. The van der Waals surface area contributed by atoms with Crippen molar-refractivity contribution in [3.8, 4) is 0 Å². The van der Waals surface area contributed by atoms with Gasteiger partial charge in [0.2, 0.25) is 0 Å². The van der Waals surface area contributed by atoms with Crippen LogP contribution in [0.4, 0.5) is 83.4 Å². The lowest BCUT2D eigenvalue weighted by atomic mass is 9.89. The molecule has 0 N–H and O–H groups in total. The highest BCUT2D eigenvalue weighted by Crippen LogP contribution is 2.65. The van der Waals surface area contributed by atoms with Crippen LogP contribution in [0.25, 0.3) is 0 Å². The Morgan fingerprint density at radius 2 is 0.622 bits per heavy atom. The predicted octanol–water partition coefficient (Wildman–Crippen LogP) is 8.58. The molecular formula is C21H28F19NO3S. The fourth-order valence-corrected chi connectivity index (χ4v) is 4.51. The topological polar surface area (TPSA) is 57.2 Å². The molecule has 0 unspecified atom stereocenters. The largest absolute Gasteiger partial charge is 0.743 e. The second-order valence-electron chi connectivity index (χ2n) is 9.73. The van der Waals surface area contributed by atoms with E-state index in [1.807, 2.05) is 0 Å². The maximum atomic E-state index is 13.2. The molecule has 0 fully saturated rings. The number of hydrogen-bond acceptors (Lipinski definition) is 3. The molecule has 24 heteroatoms. The van der Waals surface area contributed by atoms with Gasteiger partial charge < -0.3 is 9.04 Å². The average molecular weight is 735 g/mol. The molecule has 0 radical (unpaired) electrons. The number of hydrogen-bond donors (Lipinski definition) is 0. The summed E-state index contributed by atoms with van der Waals surface area (Å²) in [5, 5.41) is -8.07. The van der Waals surface area contributed by atoms with Gasteiger partial charge in [0.05, 0.1) is 26.2 Å². The molecule has 0 bridgehead atoms. The molecule has 0 rings (SSSR count). The zero-order valence-corrected chi connectivity index (χ0v) is 24.2. The van der Waals surface area contributed by atoms with E-state index in [1.165, 1.54) is 56.3 Å². The van der Waals surface area contributed by atoms with Crippen molar-refractivity contribution in [3.05, 3.63) is 0 Å². The molecule has 0 amide bonds. The summed E-state index contributed by atoms with van der Waals surface area (Å²) in [6.45, 7) is 14.8. The predicted molar refractivity (Wildman–Crippen MR) is 116 cm³/mol. The minimum absolute atomic E-state index is 1.33. The van der Waals surface area contributed by atoms with Gasteiger partial charge in [0.15, 0.2) is 10.1 Å². The van der Waals surface area contributed by atoms with Gasteiger partial charge in [0.1, 0.15) is 0 Å². The fourth-order valence-electron chi connectivity index (χ4n) is 4.07. The Bertz CT molecular complexity index is 1030. The Hall–Kier alpha value is -1.46. The van der Waals surface area contributed by atoms with E-state index in [0.717, 1.165) is 0 Å². The van der Waals surface area contributed by atoms with Crippen molar-refractivity contribution in [1.82, 2.24) is 0 Å². The first-order chi connectivity index (χ1) is 19.5. The van der Waals surface area contributed by atoms with Gasteiger partial charge in [-0.2, -0.15) is 83.4 Å². The van der Waals surface area contributed by atoms with E-state index in [9.17, 15) is 96.4 Å². The number of rotatable bonds is 16. The van der Waals surface area contributed by atoms with Gasteiger partial charge in [0.25, 0.3) is 0 Å². The lowest BCUT2D eigenvalue weighted by Gasteiger charge is -2.43. The molecular weight excluding hydrogens is 707 g/mol. The van der Waals surface area contributed by atoms with Crippen LogP contribution in [0.3, 0.4) is 0 Å². The SMILES string of the molecule is CCC[N+](CCC)(CCC)CCC.O=S(=O)([O-])C(F)(F)C(F)(F)C(F)(F)C(F)(F)C(F)(F)C(F)(F)C(F)(F)C(F)(F)C(F)(F)F. The third-order valence-corrected chi connectivity index (χ3v) is 7.08. The average Bonchev–Trinajstić information content (AvgIpc) is 2.82. The summed E-state index contributed by atoms with van der Waals surface area (Å²) < 4.78 is 273. The molecule has 0 saturated carbocycles. The van der Waals surface area contributed by atoms with E-state index in [2.05, 4.69) is 27.7 Å². The van der Waals surface area contributed by atoms with Crippen molar-refractivity contribution in [3.63, 3.8) is 0 Å². The molecule has 0 aromatic rings. The summed E-state index contributed by atoms with van der Waals surface area (Å²) in [6.07, 6.45) is -2.67. The molecule has 0 aliphatic carbocycles. The number of alkyl halides is 19. The Kier molecular flexibility index (Phi) is 14.2. The van der Waals surface area contributed by atoms with Gasteiger partial charge >= 0.3 is 52.9 Å². The van der Waals surface area contributed by atoms with E-state index in [0.29, 0.717) is 0 Å². The lowest BCUT2D eigenvalue weighted by molar-refractivity contribution is -0.928. The van der Waals surface area contributed by atoms with Crippen LogP contribution in [0.15, 0.2) is 0 Å². The number of quaternary nitrogens is 1. The van der Waals surface area contributed by atoms with Crippen molar-refractivity contribution >= 4 is 10.1 Å². The molecule has 0 aliphatic rings. The molecule has 45 heavy (non-hydrogen) atoms. The Morgan fingerprint density at radius 1 is 0.422 bits per heavy atom. The maximum Gasteiger partial charge on any atom is 0.460 e. The quantitative estimate of drug-likeness (QED) is 0.0908. The van der Waals surface area contributed by atoms with Crippen molar-refractivity contribution in [2.45, 2.75) is 106 Å². The van der Waals surface area contributed by atoms with E-state index in [4.69, 9.17) is 0 Å². The highest BCUT2D eigenvalue weighted by atomic mass is 32.2. The summed E-state index contributed by atoms with van der Waals surface area (Å²) >= 11 is 0. The van der Waals surface area contributed by atoms with Crippen LogP contribution in [0.5, 0.6) is 0 Å². The molecule has 4 nitrogen and oxygen atoms in total. The van der Waals surface area contributed by atoms with Gasteiger partial charge in [-0.15, -0.1) is 0 Å². The minimum atomic E-state index is -9.17. The van der Waals surface area contributed by atoms with Crippen LogP contribution >= 0.6 is 0 Å². The minimum Gasteiger partial charge on any atom is -0.743 e. The second kappa shape index (κ2) is 14.0. The first kappa shape index (κ1) is 45.7. The lowest BCUT2D eigenvalue weighted by Crippen LogP contribution is -2.76. The number of nitrogens with zero attached hydrogens (tertiary/aromatic N) is 1. The highest BCUT2D eigenvalue weighted by molar-refractivity contribution is 7.86. The number of halogens is 19. The van der Waals surface area contributed by atoms with Crippen molar-refractivity contribution in [1.29, 1.82) is 0 Å². The molecule has 0 atom stereocenters. The summed E-state index contributed by atoms with van der Waals surface area (Å²) in [4.78, 5) is 0. The summed E-state index contributed by atoms with van der Waals surface area (Å²) in [5.74, 6) is -62.3. The molecule has 0 aromatic carbocycles. The zero-order valence-electron chi connectivity index (χ0n) is 23.4. The summed E-state index contributed by atoms with van der Waals surface area (Å²) in [7, 11) is -8.25. The molecule has 0 aromatic heterocycles. The third kappa shape index (κ3) is 7.66. The molecule has 0 aliphatic heterocycles. The van der Waals surface area contributed by atoms with Crippen LogP contribution < -0.4 is 0 Å². The van der Waals surface area contributed by atoms with E-state index in [-0.39, 0.29) is 0 Å². The molecule has 0 spiro atoms. The van der Waals surface area contributed by atoms with Gasteiger partial charge in [-0.25, -0.2) is 8.42 Å². The third-order valence-electron chi connectivity index (χ3n) is 6.19. The van der Waals surface area contributed by atoms with Crippen molar-refractivity contribution in [2.24, 2.45) is 0 Å². The standard InChI is InChI=1S/C12H28N.C9HF19O3S/c1-5-9-13(10-6-2,11-7-3)12-8-4;10-1(11,2(12,13)4(16,17)6(20,21)8(24,25)26)3(14,15)5(18,19)7(22,23)9(27,28)32(29,30)31/h5-12H2,1-4H3;(H,29,30,31)/q+1;/p-1. The maximum absolute atomic E-state index is 13.2. The monoisotopic (exact) mass is 735 g/mol. The van der Waals surface area contributed by atoms with Gasteiger partial charge in [0, 0.05) is 0 Å². The zero-order chi connectivity index (χ0) is 37.2. The van der Waals surface area contributed by atoms with Crippen LogP contribution in [0.1, 0.15) is 53.4 Å². The smallest absolute Gasteiger partial charge is 0.460 e.